The van der Waals surface area contributed by atoms with Gasteiger partial charge in [-0.25, -0.2) is 9.59 Å². The van der Waals surface area contributed by atoms with E-state index in [4.69, 9.17) is 14.2 Å². The molecule has 0 spiro atoms. The van der Waals surface area contributed by atoms with Gasteiger partial charge in [0.1, 0.15) is 17.1 Å². The summed E-state index contributed by atoms with van der Waals surface area (Å²) >= 11 is 0. The molecular formula is C26H26O5. The Bertz CT molecular complexity index is 980. The van der Waals surface area contributed by atoms with E-state index >= 15 is 0 Å². The molecule has 0 radical (unpaired) electrons. The first-order chi connectivity index (χ1) is 15.2. The van der Waals surface area contributed by atoms with Crippen LogP contribution in [0.4, 0.5) is 0 Å². The summed E-state index contributed by atoms with van der Waals surface area (Å²) in [6, 6.07) is 23.4. The fourth-order valence-corrected chi connectivity index (χ4v) is 2.96. The van der Waals surface area contributed by atoms with Gasteiger partial charge in [0.2, 0.25) is 0 Å². The van der Waals surface area contributed by atoms with Gasteiger partial charge in [0.15, 0.2) is 0 Å². The van der Waals surface area contributed by atoms with Crippen molar-refractivity contribution in [2.75, 3.05) is 13.2 Å². The first-order valence-electron chi connectivity index (χ1n) is 10.4. The number of para-hydroxylation sites is 1. The van der Waals surface area contributed by atoms with Gasteiger partial charge in [-0.05, 0) is 61.2 Å². The van der Waals surface area contributed by atoms with Gasteiger partial charge >= 0.3 is 11.9 Å². The number of esters is 2. The molecule has 0 heterocycles. The Morgan fingerprint density at radius 2 is 1.48 bits per heavy atom. The van der Waals surface area contributed by atoms with Crippen LogP contribution in [0.15, 0.2) is 78.9 Å². The van der Waals surface area contributed by atoms with E-state index in [1.54, 1.807) is 42.5 Å². The normalized spacial score (nSPS) is 10.4. The summed E-state index contributed by atoms with van der Waals surface area (Å²) < 4.78 is 16.4. The van der Waals surface area contributed by atoms with E-state index in [1.807, 2.05) is 31.2 Å². The van der Waals surface area contributed by atoms with Gasteiger partial charge < -0.3 is 14.2 Å². The maximum atomic E-state index is 12.5. The summed E-state index contributed by atoms with van der Waals surface area (Å²) in [6.45, 7) is 2.86. The van der Waals surface area contributed by atoms with Crippen molar-refractivity contribution in [2.24, 2.45) is 0 Å². The highest BCUT2D eigenvalue weighted by Gasteiger charge is 2.15. The first-order valence-corrected chi connectivity index (χ1v) is 10.4. The van der Waals surface area contributed by atoms with Crippen molar-refractivity contribution in [3.8, 4) is 11.5 Å². The Morgan fingerprint density at radius 1 is 0.774 bits per heavy atom. The van der Waals surface area contributed by atoms with Gasteiger partial charge in [-0.2, -0.15) is 0 Å². The van der Waals surface area contributed by atoms with Gasteiger partial charge in [-0.15, -0.1) is 0 Å². The highest BCUT2D eigenvalue weighted by atomic mass is 16.5. The molecule has 160 valence electrons. The molecule has 0 fully saturated rings. The van der Waals surface area contributed by atoms with Crippen LogP contribution in [-0.4, -0.2) is 25.2 Å². The van der Waals surface area contributed by atoms with Crippen LogP contribution in [0.2, 0.25) is 0 Å². The van der Waals surface area contributed by atoms with Crippen molar-refractivity contribution in [2.45, 2.75) is 26.2 Å². The summed E-state index contributed by atoms with van der Waals surface area (Å²) in [6.07, 6.45) is 2.45. The van der Waals surface area contributed by atoms with Crippen molar-refractivity contribution in [1.29, 1.82) is 0 Å². The summed E-state index contributed by atoms with van der Waals surface area (Å²) in [5, 5.41) is 0. The van der Waals surface area contributed by atoms with E-state index in [2.05, 4.69) is 12.1 Å². The first kappa shape index (κ1) is 22.1. The van der Waals surface area contributed by atoms with Crippen molar-refractivity contribution in [1.82, 2.24) is 0 Å². The Morgan fingerprint density at radius 3 is 2.23 bits per heavy atom. The molecule has 0 atom stereocenters. The van der Waals surface area contributed by atoms with Crippen LogP contribution in [0, 0.1) is 0 Å². The fourth-order valence-electron chi connectivity index (χ4n) is 2.96. The number of carbonyl (C=O) groups is 2. The Hall–Kier alpha value is -3.60. The summed E-state index contributed by atoms with van der Waals surface area (Å²) in [5.74, 6) is -0.0758. The molecule has 0 amide bonds. The topological polar surface area (TPSA) is 61.8 Å². The lowest BCUT2D eigenvalue weighted by atomic mass is 10.1. The summed E-state index contributed by atoms with van der Waals surface area (Å²) in [7, 11) is 0. The van der Waals surface area contributed by atoms with Crippen molar-refractivity contribution in [3.63, 3.8) is 0 Å². The molecule has 0 unspecified atom stereocenters. The monoisotopic (exact) mass is 418 g/mol. The quantitative estimate of drug-likeness (QED) is 0.248. The molecule has 0 N–H and O–H groups in total. The van der Waals surface area contributed by atoms with Crippen LogP contribution in [0.1, 0.15) is 46.0 Å². The Kier molecular flexibility index (Phi) is 8.23. The second-order valence-electron chi connectivity index (χ2n) is 6.98. The van der Waals surface area contributed by atoms with Crippen LogP contribution in [-0.2, 0) is 11.2 Å². The molecule has 0 aliphatic rings. The minimum atomic E-state index is -0.511. The fraction of sp³-hybridized carbons (Fsp3) is 0.231. The SMILES string of the molecule is CCCOc1ccccc1C(=O)Oc1ccc(C(=O)OCCCc2ccccc2)cc1. The zero-order valence-corrected chi connectivity index (χ0v) is 17.6. The molecule has 0 aromatic heterocycles. The maximum Gasteiger partial charge on any atom is 0.347 e. The van der Waals surface area contributed by atoms with Gasteiger partial charge in [-0.1, -0.05) is 49.4 Å². The van der Waals surface area contributed by atoms with E-state index in [0.717, 1.165) is 19.3 Å². The largest absolute Gasteiger partial charge is 0.493 e. The molecule has 3 aromatic rings. The number of hydrogen-bond donors (Lipinski definition) is 0. The van der Waals surface area contributed by atoms with Crippen LogP contribution >= 0.6 is 0 Å². The zero-order valence-electron chi connectivity index (χ0n) is 17.6. The third kappa shape index (κ3) is 6.71. The van der Waals surface area contributed by atoms with Crippen molar-refractivity contribution in [3.05, 3.63) is 95.6 Å². The van der Waals surface area contributed by atoms with Crippen LogP contribution < -0.4 is 9.47 Å². The zero-order chi connectivity index (χ0) is 21.9. The van der Waals surface area contributed by atoms with E-state index in [0.29, 0.717) is 35.8 Å². The lowest BCUT2D eigenvalue weighted by Crippen LogP contribution is -2.11. The van der Waals surface area contributed by atoms with Crippen molar-refractivity contribution < 1.29 is 23.8 Å². The average molecular weight is 418 g/mol. The molecule has 3 rings (SSSR count). The molecule has 0 bridgehead atoms. The molecule has 0 saturated carbocycles. The van der Waals surface area contributed by atoms with Gasteiger partial charge in [0.05, 0.1) is 18.8 Å². The number of ether oxygens (including phenoxy) is 3. The van der Waals surface area contributed by atoms with Crippen LogP contribution in [0.5, 0.6) is 11.5 Å². The number of benzene rings is 3. The molecule has 3 aromatic carbocycles. The van der Waals surface area contributed by atoms with Crippen LogP contribution in [0.3, 0.4) is 0 Å². The molecule has 0 aliphatic carbocycles. The molecule has 31 heavy (non-hydrogen) atoms. The van der Waals surface area contributed by atoms with E-state index < -0.39 is 11.9 Å². The van der Waals surface area contributed by atoms with E-state index in [-0.39, 0.29) is 0 Å². The van der Waals surface area contributed by atoms with Gasteiger partial charge in [0, 0.05) is 0 Å². The average Bonchev–Trinajstić information content (AvgIpc) is 2.81. The van der Waals surface area contributed by atoms with Gasteiger partial charge in [0.25, 0.3) is 0 Å². The number of hydrogen-bond acceptors (Lipinski definition) is 5. The number of carbonyl (C=O) groups excluding carboxylic acids is 2. The Balaban J connectivity index is 1.50. The molecule has 0 aliphatic heterocycles. The maximum absolute atomic E-state index is 12.5. The number of aryl methyl sites for hydroxylation is 1. The highest BCUT2D eigenvalue weighted by Crippen LogP contribution is 2.21. The second kappa shape index (κ2) is 11.6. The number of rotatable bonds is 10. The lowest BCUT2D eigenvalue weighted by Gasteiger charge is -2.10. The third-order valence-electron chi connectivity index (χ3n) is 4.56. The molecule has 0 saturated heterocycles. The Labute approximate surface area is 182 Å². The minimum Gasteiger partial charge on any atom is -0.493 e. The molecular weight excluding hydrogens is 392 g/mol. The smallest absolute Gasteiger partial charge is 0.347 e. The summed E-state index contributed by atoms with van der Waals surface area (Å²) in [4.78, 5) is 24.7. The van der Waals surface area contributed by atoms with Crippen molar-refractivity contribution >= 4 is 11.9 Å². The lowest BCUT2D eigenvalue weighted by molar-refractivity contribution is 0.0500. The third-order valence-corrected chi connectivity index (χ3v) is 4.56. The van der Waals surface area contributed by atoms with Crippen LogP contribution in [0.25, 0.3) is 0 Å². The van der Waals surface area contributed by atoms with Gasteiger partial charge in [-0.3, -0.25) is 0 Å². The predicted octanol–water partition coefficient (Wildman–Crippen LogP) is 5.48. The minimum absolute atomic E-state index is 0.343. The molecule has 5 heteroatoms. The second-order valence-corrected chi connectivity index (χ2v) is 6.98. The van der Waals surface area contributed by atoms with E-state index in [1.165, 1.54) is 5.56 Å². The molecule has 5 nitrogen and oxygen atoms in total. The summed E-state index contributed by atoms with van der Waals surface area (Å²) in [5.41, 5.74) is 1.98. The predicted molar refractivity (Wildman–Crippen MR) is 119 cm³/mol. The standard InChI is InChI=1S/C26H26O5/c1-2-18-29-24-13-7-6-12-23(24)26(28)31-22-16-14-21(15-17-22)25(27)30-19-8-11-20-9-4-3-5-10-20/h3-7,9-10,12-17H,2,8,11,18-19H2,1H3. The van der Waals surface area contributed by atoms with E-state index in [9.17, 15) is 9.59 Å². The highest BCUT2D eigenvalue weighted by molar-refractivity contribution is 5.94.